The molecule has 0 heterocycles. The second-order valence-electron chi connectivity index (χ2n) is 6.53. The third-order valence-electron chi connectivity index (χ3n) is 4.24. The zero-order valence-corrected chi connectivity index (χ0v) is 17.2. The number of ether oxygens (including phenoxy) is 2. The van der Waals surface area contributed by atoms with Crippen molar-refractivity contribution >= 4 is 10.0 Å². The van der Waals surface area contributed by atoms with Crippen LogP contribution in [0.3, 0.4) is 0 Å². The predicted molar refractivity (Wildman–Crippen MR) is 114 cm³/mol. The Bertz CT molecular complexity index is 985. The van der Waals surface area contributed by atoms with Gasteiger partial charge in [0, 0.05) is 6.54 Å². The molecule has 0 saturated heterocycles. The Morgan fingerprint density at radius 1 is 0.793 bits per heavy atom. The van der Waals surface area contributed by atoms with Crippen LogP contribution in [-0.2, 0) is 16.4 Å². The third kappa shape index (κ3) is 6.34. The van der Waals surface area contributed by atoms with Gasteiger partial charge >= 0.3 is 0 Å². The van der Waals surface area contributed by atoms with Crippen molar-refractivity contribution in [2.24, 2.45) is 0 Å². The molecule has 0 atom stereocenters. The van der Waals surface area contributed by atoms with Gasteiger partial charge in [-0.05, 0) is 60.5 Å². The molecule has 0 aliphatic heterocycles. The van der Waals surface area contributed by atoms with E-state index in [9.17, 15) is 8.42 Å². The molecule has 6 heteroatoms. The van der Waals surface area contributed by atoms with E-state index in [0.717, 1.165) is 18.6 Å². The summed E-state index contributed by atoms with van der Waals surface area (Å²) in [6, 6.07) is 23.5. The molecule has 0 saturated carbocycles. The van der Waals surface area contributed by atoms with Gasteiger partial charge in [-0.3, -0.25) is 0 Å². The van der Waals surface area contributed by atoms with Crippen molar-refractivity contribution in [2.45, 2.75) is 24.7 Å². The SMILES string of the molecule is CCCc1ccc(OCCNS(=O)(=O)c2ccc(Oc3ccccc3)cc2)cc1. The summed E-state index contributed by atoms with van der Waals surface area (Å²) >= 11 is 0. The molecule has 0 aliphatic rings. The highest BCUT2D eigenvalue weighted by molar-refractivity contribution is 7.89. The standard InChI is InChI=1S/C23H25NO4S/c1-2-6-19-9-11-20(12-10-19)27-18-17-24-29(25,26)23-15-13-22(14-16-23)28-21-7-4-3-5-8-21/h3-5,7-16,24H,2,6,17-18H2,1H3. The number of nitrogens with one attached hydrogen (secondary N) is 1. The quantitative estimate of drug-likeness (QED) is 0.487. The van der Waals surface area contributed by atoms with Crippen LogP contribution in [0.2, 0.25) is 0 Å². The second kappa shape index (κ2) is 10.1. The Morgan fingerprint density at radius 2 is 1.41 bits per heavy atom. The first kappa shape index (κ1) is 20.9. The first-order valence-electron chi connectivity index (χ1n) is 9.61. The lowest BCUT2D eigenvalue weighted by atomic mass is 10.1. The number of para-hydroxylation sites is 1. The maximum atomic E-state index is 12.4. The van der Waals surface area contributed by atoms with Crippen LogP contribution in [0.1, 0.15) is 18.9 Å². The third-order valence-corrected chi connectivity index (χ3v) is 5.71. The minimum absolute atomic E-state index is 0.182. The van der Waals surface area contributed by atoms with Crippen molar-refractivity contribution in [3.63, 3.8) is 0 Å². The van der Waals surface area contributed by atoms with Gasteiger partial charge in [-0.2, -0.15) is 0 Å². The summed E-state index contributed by atoms with van der Waals surface area (Å²) < 4.78 is 38.7. The summed E-state index contributed by atoms with van der Waals surface area (Å²) in [6.45, 7) is 2.57. The van der Waals surface area contributed by atoms with Crippen molar-refractivity contribution in [1.82, 2.24) is 4.72 Å². The lowest BCUT2D eigenvalue weighted by Crippen LogP contribution is -2.28. The van der Waals surface area contributed by atoms with Crippen molar-refractivity contribution in [3.05, 3.63) is 84.4 Å². The van der Waals surface area contributed by atoms with Gasteiger partial charge in [0.1, 0.15) is 23.9 Å². The summed E-state index contributed by atoms with van der Waals surface area (Å²) in [4.78, 5) is 0.182. The largest absolute Gasteiger partial charge is 0.492 e. The van der Waals surface area contributed by atoms with Gasteiger partial charge in [0.15, 0.2) is 0 Å². The number of benzene rings is 3. The highest BCUT2D eigenvalue weighted by Crippen LogP contribution is 2.22. The fourth-order valence-corrected chi connectivity index (χ4v) is 3.79. The Kier molecular flexibility index (Phi) is 7.27. The number of sulfonamides is 1. The number of aryl methyl sites for hydroxylation is 1. The smallest absolute Gasteiger partial charge is 0.240 e. The molecule has 5 nitrogen and oxygen atoms in total. The molecule has 0 unspecified atom stereocenters. The van der Waals surface area contributed by atoms with Gasteiger partial charge < -0.3 is 9.47 Å². The summed E-state index contributed by atoms with van der Waals surface area (Å²) in [5.41, 5.74) is 1.26. The zero-order chi connectivity index (χ0) is 20.5. The van der Waals surface area contributed by atoms with E-state index in [1.54, 1.807) is 12.1 Å². The van der Waals surface area contributed by atoms with Gasteiger partial charge in [-0.15, -0.1) is 0 Å². The van der Waals surface area contributed by atoms with Gasteiger partial charge in [0.2, 0.25) is 10.0 Å². The highest BCUT2D eigenvalue weighted by Gasteiger charge is 2.13. The molecule has 3 aromatic carbocycles. The molecule has 3 aromatic rings. The van der Waals surface area contributed by atoms with Crippen molar-refractivity contribution in [2.75, 3.05) is 13.2 Å². The van der Waals surface area contributed by atoms with Crippen LogP contribution < -0.4 is 14.2 Å². The molecule has 0 bridgehead atoms. The van der Waals surface area contributed by atoms with Gasteiger partial charge in [0.05, 0.1) is 4.90 Å². The van der Waals surface area contributed by atoms with Crippen LogP contribution in [0.15, 0.2) is 83.8 Å². The molecule has 1 N–H and O–H groups in total. The van der Waals surface area contributed by atoms with Crippen LogP contribution in [0.5, 0.6) is 17.2 Å². The molecular weight excluding hydrogens is 386 g/mol. The lowest BCUT2D eigenvalue weighted by molar-refractivity contribution is 0.322. The van der Waals surface area contributed by atoms with E-state index in [2.05, 4.69) is 11.6 Å². The maximum Gasteiger partial charge on any atom is 0.240 e. The van der Waals surface area contributed by atoms with E-state index >= 15 is 0 Å². The van der Waals surface area contributed by atoms with E-state index in [-0.39, 0.29) is 18.0 Å². The fourth-order valence-electron chi connectivity index (χ4n) is 2.78. The zero-order valence-electron chi connectivity index (χ0n) is 16.4. The molecule has 0 spiro atoms. The first-order chi connectivity index (χ1) is 14.1. The molecule has 0 radical (unpaired) electrons. The van der Waals surface area contributed by atoms with E-state index in [1.807, 2.05) is 54.6 Å². The van der Waals surface area contributed by atoms with Crippen LogP contribution in [0, 0.1) is 0 Å². The Hall–Kier alpha value is -2.83. The fraction of sp³-hybridized carbons (Fsp3) is 0.217. The van der Waals surface area contributed by atoms with Gasteiger partial charge in [-0.1, -0.05) is 43.7 Å². The number of hydrogen-bond acceptors (Lipinski definition) is 4. The maximum absolute atomic E-state index is 12.4. The van der Waals surface area contributed by atoms with Crippen LogP contribution in [0.25, 0.3) is 0 Å². The first-order valence-corrected chi connectivity index (χ1v) is 11.1. The summed E-state index contributed by atoms with van der Waals surface area (Å²) in [6.07, 6.45) is 2.14. The van der Waals surface area contributed by atoms with Crippen molar-refractivity contribution < 1.29 is 17.9 Å². The molecule has 3 rings (SSSR count). The monoisotopic (exact) mass is 411 g/mol. The van der Waals surface area contributed by atoms with Gasteiger partial charge in [0.25, 0.3) is 0 Å². The average molecular weight is 412 g/mol. The van der Waals surface area contributed by atoms with Crippen molar-refractivity contribution in [1.29, 1.82) is 0 Å². The molecular formula is C23H25NO4S. The van der Waals surface area contributed by atoms with E-state index < -0.39 is 10.0 Å². The van der Waals surface area contributed by atoms with Crippen LogP contribution in [0.4, 0.5) is 0 Å². The summed E-state index contributed by atoms with van der Waals surface area (Å²) in [7, 11) is -3.60. The topological polar surface area (TPSA) is 64.6 Å². The number of rotatable bonds is 10. The van der Waals surface area contributed by atoms with E-state index in [1.165, 1.54) is 17.7 Å². The Morgan fingerprint density at radius 3 is 2.07 bits per heavy atom. The van der Waals surface area contributed by atoms with Crippen molar-refractivity contribution in [3.8, 4) is 17.2 Å². The molecule has 152 valence electrons. The summed E-state index contributed by atoms with van der Waals surface area (Å²) in [5.74, 6) is 2.00. The van der Waals surface area contributed by atoms with E-state index in [0.29, 0.717) is 11.5 Å². The van der Waals surface area contributed by atoms with Crippen LogP contribution >= 0.6 is 0 Å². The van der Waals surface area contributed by atoms with Gasteiger partial charge in [-0.25, -0.2) is 13.1 Å². The summed E-state index contributed by atoms with van der Waals surface area (Å²) in [5, 5.41) is 0. The molecule has 0 aliphatic carbocycles. The normalized spacial score (nSPS) is 11.2. The average Bonchev–Trinajstić information content (AvgIpc) is 2.74. The lowest BCUT2D eigenvalue weighted by Gasteiger charge is -2.10. The predicted octanol–water partition coefficient (Wildman–Crippen LogP) is 4.79. The minimum Gasteiger partial charge on any atom is -0.492 e. The van der Waals surface area contributed by atoms with E-state index in [4.69, 9.17) is 9.47 Å². The Balaban J connectivity index is 1.49. The highest BCUT2D eigenvalue weighted by atomic mass is 32.2. The molecule has 0 aromatic heterocycles. The number of hydrogen-bond donors (Lipinski definition) is 1. The Labute approximate surface area is 172 Å². The molecule has 29 heavy (non-hydrogen) atoms. The second-order valence-corrected chi connectivity index (χ2v) is 8.29. The minimum atomic E-state index is -3.60. The molecule has 0 amide bonds. The molecule has 0 fully saturated rings. The van der Waals surface area contributed by atoms with Crippen LogP contribution in [-0.4, -0.2) is 21.6 Å².